The smallest absolute Gasteiger partial charge is 0.161 e. The molecule has 0 unspecified atom stereocenters. The van der Waals surface area contributed by atoms with Crippen molar-refractivity contribution in [2.45, 2.75) is 6.92 Å². The van der Waals surface area contributed by atoms with Gasteiger partial charge in [0, 0.05) is 16.6 Å². The van der Waals surface area contributed by atoms with Crippen molar-refractivity contribution in [2.24, 2.45) is 0 Å². The van der Waals surface area contributed by atoms with Gasteiger partial charge in [0.2, 0.25) is 0 Å². The lowest BCUT2D eigenvalue weighted by molar-refractivity contribution is 0.356. The average Bonchev–Trinajstić information content (AvgIpc) is 3.15. The number of nitrogens with one attached hydrogen (secondary N) is 3. The molecule has 24 heavy (non-hydrogen) atoms. The van der Waals surface area contributed by atoms with Gasteiger partial charge in [-0.1, -0.05) is 18.2 Å². The Morgan fingerprint density at radius 2 is 1.67 bits per heavy atom. The molecule has 5 heteroatoms. The quantitative estimate of drug-likeness (QED) is 0.512. The van der Waals surface area contributed by atoms with Crippen molar-refractivity contribution < 1.29 is 9.47 Å². The maximum atomic E-state index is 5.42. The number of anilines is 2. The SMILES string of the molecule is COc1cc2cc3c(Nc4ccccc4C)[nH][nH]c-3c2cc1OC. The predicted molar refractivity (Wildman–Crippen MR) is 96.8 cm³/mol. The van der Waals surface area contributed by atoms with E-state index in [0.29, 0.717) is 0 Å². The zero-order chi connectivity index (χ0) is 16.7. The van der Waals surface area contributed by atoms with Gasteiger partial charge >= 0.3 is 0 Å². The van der Waals surface area contributed by atoms with Crippen LogP contribution >= 0.6 is 0 Å². The minimum absolute atomic E-state index is 0.723. The highest BCUT2D eigenvalue weighted by molar-refractivity contribution is 6.05. The molecule has 1 aliphatic heterocycles. The number of hydrogen-bond acceptors (Lipinski definition) is 3. The molecule has 0 saturated heterocycles. The number of H-pyrrole nitrogens is 2. The molecule has 0 atom stereocenters. The monoisotopic (exact) mass is 321 g/mol. The van der Waals surface area contributed by atoms with E-state index in [9.17, 15) is 0 Å². The maximum Gasteiger partial charge on any atom is 0.161 e. The lowest BCUT2D eigenvalue weighted by Gasteiger charge is -2.07. The minimum atomic E-state index is 0.723. The summed E-state index contributed by atoms with van der Waals surface area (Å²) in [6.07, 6.45) is 0. The third-order valence-corrected chi connectivity index (χ3v) is 4.38. The molecule has 1 aliphatic carbocycles. The van der Waals surface area contributed by atoms with Crippen molar-refractivity contribution in [3.05, 3.63) is 48.0 Å². The van der Waals surface area contributed by atoms with Crippen LogP contribution in [0, 0.1) is 6.92 Å². The second-order valence-electron chi connectivity index (χ2n) is 5.79. The van der Waals surface area contributed by atoms with Gasteiger partial charge in [0.15, 0.2) is 11.5 Å². The molecule has 0 fully saturated rings. The van der Waals surface area contributed by atoms with E-state index in [1.807, 2.05) is 24.3 Å². The molecule has 2 aromatic rings. The zero-order valence-corrected chi connectivity index (χ0v) is 13.9. The van der Waals surface area contributed by atoms with Crippen molar-refractivity contribution in [3.63, 3.8) is 0 Å². The Balaban J connectivity index is 1.81. The molecule has 0 radical (unpaired) electrons. The van der Waals surface area contributed by atoms with Crippen molar-refractivity contribution in [3.8, 4) is 22.8 Å². The number of fused-ring (bicyclic) bond motifs is 3. The Morgan fingerprint density at radius 1 is 0.917 bits per heavy atom. The lowest BCUT2D eigenvalue weighted by atomic mass is 10.2. The standard InChI is InChI=1S/C19H19N3O2/c1-11-6-4-5-7-15(11)20-19-14-8-12-9-16(23-2)17(24-3)10-13(12)18(14)21-22-19/h4-10,20-22H,1-3H3. The summed E-state index contributed by atoms with van der Waals surface area (Å²) in [7, 11) is 3.30. The van der Waals surface area contributed by atoms with Crippen LogP contribution in [0.3, 0.4) is 0 Å². The van der Waals surface area contributed by atoms with Crippen molar-refractivity contribution in [1.29, 1.82) is 0 Å². The van der Waals surface area contributed by atoms with Gasteiger partial charge in [-0.2, -0.15) is 0 Å². The normalized spacial score (nSPS) is 11.1. The van der Waals surface area contributed by atoms with Crippen LogP contribution in [0.4, 0.5) is 11.5 Å². The molecule has 4 rings (SSSR count). The number of methoxy groups -OCH3 is 2. The number of rotatable bonds is 4. The molecule has 0 bridgehead atoms. The molecular formula is C19H19N3O2. The summed E-state index contributed by atoms with van der Waals surface area (Å²) in [5.74, 6) is 2.39. The summed E-state index contributed by atoms with van der Waals surface area (Å²) in [6, 6.07) is 14.3. The fourth-order valence-electron chi connectivity index (χ4n) is 3.07. The topological polar surface area (TPSA) is 62.1 Å². The number of aromatic amines is 2. The minimum Gasteiger partial charge on any atom is -0.493 e. The number of hydrogen-bond donors (Lipinski definition) is 3. The molecule has 0 saturated carbocycles. The van der Waals surface area contributed by atoms with Crippen molar-refractivity contribution >= 4 is 22.3 Å². The Hall–Kier alpha value is -3.08. The molecule has 2 aromatic carbocycles. The summed E-state index contributed by atoms with van der Waals surface area (Å²) in [5, 5.41) is 12.1. The van der Waals surface area contributed by atoms with Crippen LogP contribution in [-0.2, 0) is 0 Å². The largest absolute Gasteiger partial charge is 0.493 e. The summed E-state index contributed by atoms with van der Waals surface area (Å²) in [6.45, 7) is 2.09. The van der Waals surface area contributed by atoms with Crippen LogP contribution < -0.4 is 14.8 Å². The summed E-state index contributed by atoms with van der Waals surface area (Å²) >= 11 is 0. The number of para-hydroxylation sites is 1. The molecule has 122 valence electrons. The summed E-state index contributed by atoms with van der Waals surface area (Å²) in [5.41, 5.74) is 4.42. The van der Waals surface area contributed by atoms with E-state index in [0.717, 1.165) is 45.0 Å². The number of aryl methyl sites for hydroxylation is 1. The first-order valence-corrected chi connectivity index (χ1v) is 7.78. The first kappa shape index (κ1) is 14.5. The van der Waals surface area contributed by atoms with Gasteiger partial charge in [0.1, 0.15) is 5.82 Å². The Kier molecular flexibility index (Phi) is 3.34. The molecule has 2 aliphatic rings. The van der Waals surface area contributed by atoms with E-state index in [-0.39, 0.29) is 0 Å². The van der Waals surface area contributed by atoms with Gasteiger partial charge in [-0.15, -0.1) is 0 Å². The first-order valence-electron chi connectivity index (χ1n) is 7.78. The molecule has 1 heterocycles. The van der Waals surface area contributed by atoms with Crippen LogP contribution in [0.5, 0.6) is 11.5 Å². The van der Waals surface area contributed by atoms with Gasteiger partial charge in [-0.05, 0) is 42.1 Å². The lowest BCUT2D eigenvalue weighted by Crippen LogP contribution is -1.93. The van der Waals surface area contributed by atoms with E-state index >= 15 is 0 Å². The van der Waals surface area contributed by atoms with Crippen LogP contribution in [0.25, 0.3) is 22.0 Å². The van der Waals surface area contributed by atoms with Crippen molar-refractivity contribution in [2.75, 3.05) is 19.5 Å². The Labute approximate surface area is 139 Å². The van der Waals surface area contributed by atoms with Gasteiger partial charge in [-0.25, -0.2) is 0 Å². The first-order chi connectivity index (χ1) is 11.7. The number of aromatic nitrogens is 2. The van der Waals surface area contributed by atoms with Crippen LogP contribution in [0.1, 0.15) is 5.56 Å². The van der Waals surface area contributed by atoms with Crippen LogP contribution in [-0.4, -0.2) is 24.4 Å². The molecule has 3 N–H and O–H groups in total. The van der Waals surface area contributed by atoms with Crippen LogP contribution in [0.2, 0.25) is 0 Å². The van der Waals surface area contributed by atoms with Crippen LogP contribution in [0.15, 0.2) is 42.5 Å². The van der Waals surface area contributed by atoms with E-state index < -0.39 is 0 Å². The van der Waals surface area contributed by atoms with E-state index in [4.69, 9.17) is 9.47 Å². The second kappa shape index (κ2) is 5.53. The fraction of sp³-hybridized carbons (Fsp3) is 0.158. The maximum absolute atomic E-state index is 5.42. The van der Waals surface area contributed by atoms with E-state index in [1.54, 1.807) is 14.2 Å². The van der Waals surface area contributed by atoms with Gasteiger partial charge in [-0.3, -0.25) is 10.2 Å². The third-order valence-electron chi connectivity index (χ3n) is 4.38. The highest BCUT2D eigenvalue weighted by atomic mass is 16.5. The average molecular weight is 321 g/mol. The predicted octanol–water partition coefficient (Wildman–Crippen LogP) is 4.67. The third kappa shape index (κ3) is 2.17. The number of ether oxygens (including phenoxy) is 2. The molecule has 0 aromatic heterocycles. The van der Waals surface area contributed by atoms with Crippen molar-refractivity contribution in [1.82, 2.24) is 10.2 Å². The zero-order valence-electron chi connectivity index (χ0n) is 13.9. The highest BCUT2D eigenvalue weighted by Crippen LogP contribution is 2.42. The second-order valence-corrected chi connectivity index (χ2v) is 5.79. The molecule has 0 amide bonds. The van der Waals surface area contributed by atoms with E-state index in [2.05, 4.69) is 40.6 Å². The molecule has 0 spiro atoms. The van der Waals surface area contributed by atoms with E-state index in [1.165, 1.54) is 5.56 Å². The summed E-state index contributed by atoms with van der Waals surface area (Å²) in [4.78, 5) is 0. The highest BCUT2D eigenvalue weighted by Gasteiger charge is 2.19. The molecular weight excluding hydrogens is 302 g/mol. The fourth-order valence-corrected chi connectivity index (χ4v) is 3.07. The Morgan fingerprint density at radius 3 is 2.42 bits per heavy atom. The van der Waals surface area contributed by atoms with Gasteiger partial charge in [0.05, 0.1) is 19.9 Å². The summed E-state index contributed by atoms with van der Waals surface area (Å²) < 4.78 is 10.8. The molecule has 5 nitrogen and oxygen atoms in total. The van der Waals surface area contributed by atoms with Gasteiger partial charge in [0.25, 0.3) is 0 Å². The van der Waals surface area contributed by atoms with Gasteiger partial charge < -0.3 is 14.8 Å². The Bertz CT molecular complexity index is 984. The number of benzene rings is 2.